The lowest BCUT2D eigenvalue weighted by molar-refractivity contribution is 0.145. The highest BCUT2D eigenvalue weighted by atomic mass is 35.5. The van der Waals surface area contributed by atoms with Gasteiger partial charge in [0.25, 0.3) is 0 Å². The van der Waals surface area contributed by atoms with Crippen molar-refractivity contribution in [2.24, 2.45) is 0 Å². The summed E-state index contributed by atoms with van der Waals surface area (Å²) in [6.07, 6.45) is 4.52. The van der Waals surface area contributed by atoms with Crippen LogP contribution in [-0.4, -0.2) is 44.2 Å². The van der Waals surface area contributed by atoms with Gasteiger partial charge in [-0.15, -0.1) is 0 Å². The minimum Gasteiger partial charge on any atom is -0.393 e. The van der Waals surface area contributed by atoms with Crippen molar-refractivity contribution < 1.29 is 5.11 Å². The number of benzene rings is 1. The summed E-state index contributed by atoms with van der Waals surface area (Å²) < 4.78 is 0. The maximum Gasteiger partial charge on any atom is 0.156 e. The highest BCUT2D eigenvalue weighted by Gasteiger charge is 2.24. The summed E-state index contributed by atoms with van der Waals surface area (Å²) in [7, 11) is 0. The molecule has 4 heterocycles. The standard InChI is InChI=1S/C23H23ClN6O/c1-14(28-22-21-20(26-13-27-22)3-2-8-25-21)18-12-15-11-16(24)4-5-19(15)29-23(18)30-9-6-17(31)7-10-30/h2-5,8,11-14,17,31H,6-7,9-10H2,1H3,(H,26,27,28)/t14-/m0/s1. The molecule has 0 aliphatic carbocycles. The molecule has 7 nitrogen and oxygen atoms in total. The van der Waals surface area contributed by atoms with E-state index in [2.05, 4.69) is 38.2 Å². The van der Waals surface area contributed by atoms with Crippen LogP contribution in [0.1, 0.15) is 31.4 Å². The lowest BCUT2D eigenvalue weighted by Crippen LogP contribution is -2.37. The van der Waals surface area contributed by atoms with Crippen molar-refractivity contribution in [3.8, 4) is 0 Å². The summed E-state index contributed by atoms with van der Waals surface area (Å²) in [6.45, 7) is 3.63. The van der Waals surface area contributed by atoms with Crippen LogP contribution in [0.5, 0.6) is 0 Å². The molecule has 158 valence electrons. The summed E-state index contributed by atoms with van der Waals surface area (Å²) in [4.78, 5) is 20.4. The number of hydrogen-bond acceptors (Lipinski definition) is 7. The van der Waals surface area contributed by atoms with Gasteiger partial charge in [-0.25, -0.2) is 15.0 Å². The van der Waals surface area contributed by atoms with Crippen LogP contribution >= 0.6 is 11.6 Å². The molecule has 31 heavy (non-hydrogen) atoms. The van der Waals surface area contributed by atoms with E-state index in [1.165, 1.54) is 0 Å². The largest absolute Gasteiger partial charge is 0.393 e. The van der Waals surface area contributed by atoms with E-state index >= 15 is 0 Å². The lowest BCUT2D eigenvalue weighted by atomic mass is 10.0. The fourth-order valence-electron chi connectivity index (χ4n) is 4.08. The maximum absolute atomic E-state index is 9.95. The van der Waals surface area contributed by atoms with Crippen molar-refractivity contribution in [2.45, 2.75) is 31.9 Å². The predicted molar refractivity (Wildman–Crippen MR) is 124 cm³/mol. The number of anilines is 2. The molecule has 1 saturated heterocycles. The van der Waals surface area contributed by atoms with Crippen molar-refractivity contribution >= 4 is 45.2 Å². The molecule has 4 aromatic rings. The maximum atomic E-state index is 9.95. The van der Waals surface area contributed by atoms with Gasteiger partial charge in [0.05, 0.1) is 23.2 Å². The Morgan fingerprint density at radius 2 is 1.94 bits per heavy atom. The van der Waals surface area contributed by atoms with Gasteiger partial charge in [-0.3, -0.25) is 4.98 Å². The van der Waals surface area contributed by atoms with Crippen LogP contribution in [0.15, 0.2) is 48.9 Å². The Kier molecular flexibility index (Phi) is 5.29. The second-order valence-electron chi connectivity index (χ2n) is 7.92. The molecule has 1 fully saturated rings. The van der Waals surface area contributed by atoms with Crippen molar-refractivity contribution in [3.05, 3.63) is 59.5 Å². The number of rotatable bonds is 4. The van der Waals surface area contributed by atoms with Gasteiger partial charge in [-0.05, 0) is 56.2 Å². The summed E-state index contributed by atoms with van der Waals surface area (Å²) in [5.74, 6) is 1.61. The summed E-state index contributed by atoms with van der Waals surface area (Å²) in [5, 5.41) is 15.1. The van der Waals surface area contributed by atoms with Gasteiger partial charge in [-0.2, -0.15) is 0 Å². The third kappa shape index (κ3) is 3.98. The van der Waals surface area contributed by atoms with Crippen molar-refractivity contribution in [2.75, 3.05) is 23.3 Å². The van der Waals surface area contributed by atoms with Crippen LogP contribution in [0.2, 0.25) is 5.02 Å². The number of pyridine rings is 2. The number of piperidine rings is 1. The number of aromatic nitrogens is 4. The average Bonchev–Trinajstić information content (AvgIpc) is 2.79. The van der Waals surface area contributed by atoms with E-state index in [-0.39, 0.29) is 12.1 Å². The van der Waals surface area contributed by atoms with Crippen LogP contribution in [0.25, 0.3) is 21.9 Å². The van der Waals surface area contributed by atoms with Gasteiger partial charge in [-0.1, -0.05) is 11.6 Å². The monoisotopic (exact) mass is 434 g/mol. The topological polar surface area (TPSA) is 87.1 Å². The molecule has 0 saturated carbocycles. The van der Waals surface area contributed by atoms with Gasteiger partial charge in [0.2, 0.25) is 0 Å². The zero-order valence-corrected chi connectivity index (χ0v) is 17.9. The molecule has 1 aliphatic heterocycles. The molecule has 8 heteroatoms. The van der Waals surface area contributed by atoms with Gasteiger partial charge >= 0.3 is 0 Å². The molecule has 2 N–H and O–H groups in total. The van der Waals surface area contributed by atoms with E-state index in [1.807, 2.05) is 30.3 Å². The Bertz CT molecular complexity index is 1240. The minimum atomic E-state index is -0.243. The fourth-order valence-corrected chi connectivity index (χ4v) is 4.27. The SMILES string of the molecule is C[C@H](Nc1ncnc2cccnc12)c1cc2cc(Cl)ccc2nc1N1CCC(O)CC1. The lowest BCUT2D eigenvalue weighted by Gasteiger charge is -2.33. The van der Waals surface area contributed by atoms with Crippen molar-refractivity contribution in [1.82, 2.24) is 19.9 Å². The molecule has 5 rings (SSSR count). The Labute approximate surface area is 185 Å². The second kappa shape index (κ2) is 8.24. The number of aliphatic hydroxyl groups is 1. The van der Waals surface area contributed by atoms with Crippen LogP contribution in [-0.2, 0) is 0 Å². The molecule has 1 aliphatic rings. The first-order chi connectivity index (χ1) is 15.1. The number of fused-ring (bicyclic) bond motifs is 2. The van der Waals surface area contributed by atoms with E-state index in [0.29, 0.717) is 10.8 Å². The van der Waals surface area contributed by atoms with Crippen LogP contribution in [0.4, 0.5) is 11.6 Å². The average molecular weight is 435 g/mol. The molecule has 0 bridgehead atoms. The van der Waals surface area contributed by atoms with Gasteiger partial charge < -0.3 is 15.3 Å². The second-order valence-corrected chi connectivity index (χ2v) is 8.35. The van der Waals surface area contributed by atoms with Crippen LogP contribution in [0, 0.1) is 0 Å². The molecule has 1 aromatic carbocycles. The van der Waals surface area contributed by atoms with Gasteiger partial charge in [0.1, 0.15) is 17.7 Å². The van der Waals surface area contributed by atoms with Crippen molar-refractivity contribution in [3.63, 3.8) is 0 Å². The smallest absolute Gasteiger partial charge is 0.156 e. The van der Waals surface area contributed by atoms with E-state index in [9.17, 15) is 5.11 Å². The third-order valence-corrected chi connectivity index (χ3v) is 6.00. The molecular formula is C23H23ClN6O. The molecule has 0 spiro atoms. The first-order valence-electron chi connectivity index (χ1n) is 10.4. The Hall–Kier alpha value is -3.03. The zero-order chi connectivity index (χ0) is 21.4. The normalized spacial score (nSPS) is 16.0. The van der Waals surface area contributed by atoms with Crippen LogP contribution in [0.3, 0.4) is 0 Å². The number of halogens is 1. The van der Waals surface area contributed by atoms with E-state index in [4.69, 9.17) is 16.6 Å². The number of hydrogen-bond donors (Lipinski definition) is 2. The van der Waals surface area contributed by atoms with Crippen LogP contribution < -0.4 is 10.2 Å². The summed E-state index contributed by atoms with van der Waals surface area (Å²) >= 11 is 6.24. The molecule has 0 amide bonds. The first kappa shape index (κ1) is 19.9. The first-order valence-corrected chi connectivity index (χ1v) is 10.8. The number of nitrogens with one attached hydrogen (secondary N) is 1. The van der Waals surface area contributed by atoms with E-state index < -0.39 is 0 Å². The van der Waals surface area contributed by atoms with E-state index in [0.717, 1.165) is 59.2 Å². The quantitative estimate of drug-likeness (QED) is 0.493. The highest BCUT2D eigenvalue weighted by Crippen LogP contribution is 2.33. The highest BCUT2D eigenvalue weighted by molar-refractivity contribution is 6.31. The predicted octanol–water partition coefficient (Wildman–Crippen LogP) is 4.36. The molecule has 1 atom stereocenters. The van der Waals surface area contributed by atoms with Crippen molar-refractivity contribution in [1.29, 1.82) is 0 Å². The van der Waals surface area contributed by atoms with Gasteiger partial charge in [0.15, 0.2) is 5.82 Å². The molecular weight excluding hydrogens is 412 g/mol. The number of aliphatic hydroxyl groups excluding tert-OH is 1. The van der Waals surface area contributed by atoms with Gasteiger partial charge in [0, 0.05) is 35.3 Å². The molecule has 0 radical (unpaired) electrons. The Balaban J connectivity index is 1.57. The Morgan fingerprint density at radius 3 is 2.77 bits per heavy atom. The minimum absolute atomic E-state index is 0.0853. The summed E-state index contributed by atoms with van der Waals surface area (Å²) in [6, 6.07) is 11.6. The van der Waals surface area contributed by atoms with E-state index in [1.54, 1.807) is 12.5 Å². The molecule has 0 unspecified atom stereocenters. The summed E-state index contributed by atoms with van der Waals surface area (Å²) in [5.41, 5.74) is 3.47. The molecule has 3 aromatic heterocycles. The Morgan fingerprint density at radius 1 is 1.10 bits per heavy atom. The number of nitrogens with zero attached hydrogens (tertiary/aromatic N) is 5. The fraction of sp³-hybridized carbons (Fsp3) is 0.304. The third-order valence-electron chi connectivity index (χ3n) is 5.76. The zero-order valence-electron chi connectivity index (χ0n) is 17.2.